The van der Waals surface area contributed by atoms with Crippen molar-refractivity contribution in [2.75, 3.05) is 17.7 Å². The highest BCUT2D eigenvalue weighted by Crippen LogP contribution is 2.46. The quantitative estimate of drug-likeness (QED) is 0.184. The summed E-state index contributed by atoms with van der Waals surface area (Å²) in [5, 5.41) is 11.3. The molecule has 0 atom stereocenters. The first-order valence-electron chi connectivity index (χ1n) is 9.46. The molecule has 2 aromatic carbocycles. The number of nitriles is 1. The maximum atomic E-state index is 13.0. The number of hydrogen-bond donors (Lipinski definition) is 0. The Kier molecular flexibility index (Phi) is 5.98. The van der Waals surface area contributed by atoms with E-state index in [2.05, 4.69) is 17.6 Å². The Bertz CT molecular complexity index is 1340. The van der Waals surface area contributed by atoms with Crippen LogP contribution in [0.2, 0.25) is 0 Å². The standard InChI is InChI=1S/C23H18N4O2S2/c1-3-12-27-21(29)15-8-4-5-9-17(15)25-23(27)30-14-19(28)16(13-24)22-26(2)18-10-6-7-11-20(18)31-22/h3-11H,1,12,14H2,2H3/b22-16+. The molecule has 31 heavy (non-hydrogen) atoms. The molecule has 0 aliphatic carbocycles. The minimum absolute atomic E-state index is 0.000931. The van der Waals surface area contributed by atoms with Crippen molar-refractivity contribution in [2.45, 2.75) is 16.6 Å². The largest absolute Gasteiger partial charge is 0.337 e. The van der Waals surface area contributed by atoms with Gasteiger partial charge >= 0.3 is 0 Å². The number of benzene rings is 2. The highest BCUT2D eigenvalue weighted by molar-refractivity contribution is 8.03. The predicted molar refractivity (Wildman–Crippen MR) is 125 cm³/mol. The molecule has 1 aliphatic heterocycles. The summed E-state index contributed by atoms with van der Waals surface area (Å²) in [7, 11) is 1.85. The van der Waals surface area contributed by atoms with E-state index >= 15 is 0 Å². The van der Waals surface area contributed by atoms with Gasteiger partial charge in [-0.05, 0) is 24.3 Å². The Hall–Kier alpha value is -3.28. The molecule has 0 saturated heterocycles. The molecule has 0 bridgehead atoms. The average Bonchev–Trinajstić information content (AvgIpc) is 3.11. The van der Waals surface area contributed by atoms with E-state index in [0.717, 1.165) is 22.3 Å². The average molecular weight is 447 g/mol. The lowest BCUT2D eigenvalue weighted by Gasteiger charge is -2.15. The first kappa shape index (κ1) is 21.0. The number of ketones is 1. The number of hydrogen-bond acceptors (Lipinski definition) is 7. The Labute approximate surface area is 187 Å². The Morgan fingerprint density at radius 1 is 1.26 bits per heavy atom. The van der Waals surface area contributed by atoms with Gasteiger partial charge in [-0.25, -0.2) is 4.98 Å². The van der Waals surface area contributed by atoms with Gasteiger partial charge in [0.2, 0.25) is 0 Å². The Balaban J connectivity index is 1.64. The van der Waals surface area contributed by atoms with Gasteiger partial charge in [0.1, 0.15) is 16.7 Å². The monoisotopic (exact) mass is 446 g/mol. The van der Waals surface area contributed by atoms with Crippen LogP contribution >= 0.6 is 23.5 Å². The van der Waals surface area contributed by atoms with Gasteiger partial charge in [-0.2, -0.15) is 5.26 Å². The number of carbonyl (C=O) groups excluding carboxylic acids is 1. The second-order valence-electron chi connectivity index (χ2n) is 6.75. The molecule has 4 rings (SSSR count). The molecule has 0 fully saturated rings. The van der Waals surface area contributed by atoms with Gasteiger partial charge in [0.05, 0.1) is 22.3 Å². The van der Waals surface area contributed by atoms with Gasteiger partial charge < -0.3 is 4.90 Å². The lowest BCUT2D eigenvalue weighted by Crippen LogP contribution is -2.23. The van der Waals surface area contributed by atoms with Crippen LogP contribution in [-0.4, -0.2) is 28.1 Å². The van der Waals surface area contributed by atoms with Crippen LogP contribution in [0.4, 0.5) is 5.69 Å². The molecule has 2 heterocycles. The van der Waals surface area contributed by atoms with Gasteiger partial charge in [0, 0.05) is 18.5 Å². The summed E-state index contributed by atoms with van der Waals surface area (Å²) in [4.78, 5) is 33.3. The van der Waals surface area contributed by atoms with Gasteiger partial charge in [0.25, 0.3) is 5.56 Å². The summed E-state index contributed by atoms with van der Waals surface area (Å²) in [5.41, 5.74) is 1.46. The van der Waals surface area contributed by atoms with Crippen LogP contribution in [0.1, 0.15) is 0 Å². The van der Waals surface area contributed by atoms with E-state index in [1.165, 1.54) is 16.3 Å². The highest BCUT2D eigenvalue weighted by Gasteiger charge is 2.28. The van der Waals surface area contributed by atoms with Crippen molar-refractivity contribution in [3.8, 4) is 6.07 Å². The van der Waals surface area contributed by atoms with E-state index in [1.807, 2.05) is 42.3 Å². The predicted octanol–water partition coefficient (Wildman–Crippen LogP) is 4.22. The first-order valence-corrected chi connectivity index (χ1v) is 11.3. The summed E-state index contributed by atoms with van der Waals surface area (Å²) >= 11 is 2.56. The lowest BCUT2D eigenvalue weighted by molar-refractivity contribution is -0.112. The number of nitrogens with zero attached hydrogens (tertiary/aromatic N) is 4. The molecule has 0 saturated carbocycles. The zero-order valence-corrected chi connectivity index (χ0v) is 18.4. The fourth-order valence-corrected chi connectivity index (χ4v) is 5.34. The third kappa shape index (κ3) is 3.90. The molecule has 0 unspecified atom stereocenters. The van der Waals surface area contributed by atoms with Crippen molar-refractivity contribution in [1.82, 2.24) is 9.55 Å². The van der Waals surface area contributed by atoms with Gasteiger partial charge in [-0.1, -0.05) is 53.9 Å². The minimum Gasteiger partial charge on any atom is -0.337 e. The fraction of sp³-hybridized carbons (Fsp3) is 0.130. The molecule has 8 heteroatoms. The fourth-order valence-electron chi connectivity index (χ4n) is 3.30. The molecule has 1 aromatic heterocycles. The van der Waals surface area contributed by atoms with Crippen molar-refractivity contribution >= 4 is 45.9 Å². The minimum atomic E-state index is -0.304. The smallest absolute Gasteiger partial charge is 0.262 e. The molecular weight excluding hydrogens is 428 g/mol. The number of Topliss-reactive ketones (excluding diaryl/α,β-unsaturated/α-hetero) is 1. The number of rotatable bonds is 6. The molecule has 3 aromatic rings. The summed E-state index contributed by atoms with van der Waals surface area (Å²) in [6, 6.07) is 16.9. The number of fused-ring (bicyclic) bond motifs is 2. The molecule has 0 N–H and O–H groups in total. The van der Waals surface area contributed by atoms with Crippen molar-refractivity contribution in [2.24, 2.45) is 0 Å². The van der Waals surface area contributed by atoms with Crippen LogP contribution in [0.25, 0.3) is 10.9 Å². The molecule has 0 amide bonds. The summed E-state index contributed by atoms with van der Waals surface area (Å²) < 4.78 is 1.50. The van der Waals surface area contributed by atoms with Crippen LogP contribution in [-0.2, 0) is 11.3 Å². The van der Waals surface area contributed by atoms with Crippen LogP contribution < -0.4 is 10.5 Å². The molecule has 0 spiro atoms. The molecule has 0 radical (unpaired) electrons. The number of anilines is 1. The molecular formula is C23H18N4O2S2. The van der Waals surface area contributed by atoms with Crippen LogP contribution in [0.3, 0.4) is 0 Å². The number of thioether (sulfide) groups is 2. The van der Waals surface area contributed by atoms with Crippen LogP contribution in [0.15, 0.2) is 86.6 Å². The zero-order chi connectivity index (χ0) is 22.0. The summed E-state index contributed by atoms with van der Waals surface area (Å²) in [5.74, 6) is -0.304. The topological polar surface area (TPSA) is 79.0 Å². The SMILES string of the molecule is C=CCn1c(SCC(=O)/C(C#N)=C2/Sc3ccccc3N2C)nc2ccccc2c1=O. The normalized spacial score (nSPS) is 14.3. The summed E-state index contributed by atoms with van der Waals surface area (Å²) in [6.07, 6.45) is 1.62. The van der Waals surface area contributed by atoms with Crippen molar-refractivity contribution in [3.63, 3.8) is 0 Å². The molecule has 154 valence electrons. The maximum absolute atomic E-state index is 13.0. The Morgan fingerprint density at radius 2 is 2.00 bits per heavy atom. The van der Waals surface area contributed by atoms with E-state index in [0.29, 0.717) is 21.1 Å². The molecule has 1 aliphatic rings. The third-order valence-electron chi connectivity index (χ3n) is 4.81. The maximum Gasteiger partial charge on any atom is 0.262 e. The van der Waals surface area contributed by atoms with Crippen LogP contribution in [0.5, 0.6) is 0 Å². The second-order valence-corrected chi connectivity index (χ2v) is 8.72. The van der Waals surface area contributed by atoms with Crippen molar-refractivity contribution in [3.05, 3.63) is 82.1 Å². The van der Waals surface area contributed by atoms with Crippen molar-refractivity contribution in [1.29, 1.82) is 5.26 Å². The second kappa shape index (κ2) is 8.84. The van der Waals surface area contributed by atoms with Gasteiger partial charge in [0.15, 0.2) is 10.9 Å². The number of allylic oxidation sites excluding steroid dienone is 2. The summed E-state index contributed by atoms with van der Waals surface area (Å²) in [6.45, 7) is 4.00. The number of aromatic nitrogens is 2. The van der Waals surface area contributed by atoms with E-state index in [-0.39, 0.29) is 29.2 Å². The van der Waals surface area contributed by atoms with Gasteiger partial charge in [-0.3, -0.25) is 14.2 Å². The van der Waals surface area contributed by atoms with E-state index in [1.54, 1.807) is 24.3 Å². The first-order chi connectivity index (χ1) is 15.0. The van der Waals surface area contributed by atoms with E-state index in [9.17, 15) is 14.9 Å². The highest BCUT2D eigenvalue weighted by atomic mass is 32.2. The van der Waals surface area contributed by atoms with Gasteiger partial charge in [-0.15, -0.1) is 6.58 Å². The zero-order valence-electron chi connectivity index (χ0n) is 16.7. The number of carbonyl (C=O) groups is 1. The Morgan fingerprint density at radius 3 is 2.74 bits per heavy atom. The number of para-hydroxylation sites is 2. The molecule has 6 nitrogen and oxygen atoms in total. The van der Waals surface area contributed by atoms with E-state index < -0.39 is 0 Å². The van der Waals surface area contributed by atoms with Crippen LogP contribution in [0, 0.1) is 11.3 Å². The lowest BCUT2D eigenvalue weighted by atomic mass is 10.2. The third-order valence-corrected chi connectivity index (χ3v) is 7.03. The van der Waals surface area contributed by atoms with E-state index in [4.69, 9.17) is 0 Å². The van der Waals surface area contributed by atoms with Crippen molar-refractivity contribution < 1.29 is 4.79 Å².